The van der Waals surface area contributed by atoms with Crippen LogP contribution in [0.15, 0.2) is 40.9 Å². The lowest BCUT2D eigenvalue weighted by Crippen LogP contribution is -2.60. The lowest BCUT2D eigenvalue weighted by molar-refractivity contribution is -0.137. The largest absolute Gasteiger partial charge is 0.440 e. The fraction of sp³-hybridized carbons (Fsp3) is 0.333. The van der Waals surface area contributed by atoms with Crippen LogP contribution in [0.5, 0.6) is 0 Å². The highest BCUT2D eigenvalue weighted by Gasteiger charge is 2.43. The number of oxazole rings is 1. The van der Waals surface area contributed by atoms with Crippen molar-refractivity contribution in [1.82, 2.24) is 9.88 Å². The Kier molecular flexibility index (Phi) is 3.06. The molecule has 1 saturated heterocycles. The molecule has 1 aliphatic rings. The van der Waals surface area contributed by atoms with Gasteiger partial charge in [-0.25, -0.2) is 4.98 Å². The Morgan fingerprint density at radius 1 is 1.40 bits per heavy atom. The van der Waals surface area contributed by atoms with E-state index in [9.17, 15) is 4.79 Å². The molecule has 3 rings (SSSR count). The van der Waals surface area contributed by atoms with Crippen molar-refractivity contribution in [2.45, 2.75) is 13.5 Å². The molecule has 104 valence electrons. The van der Waals surface area contributed by atoms with E-state index in [-0.39, 0.29) is 5.91 Å². The molecule has 2 N–H and O–H groups in total. The zero-order valence-electron chi connectivity index (χ0n) is 11.4. The number of likely N-dealkylation sites (tertiary alicyclic amines) is 1. The van der Waals surface area contributed by atoms with Gasteiger partial charge < -0.3 is 10.2 Å². The third-order valence-electron chi connectivity index (χ3n) is 3.69. The molecule has 1 aromatic heterocycles. The Morgan fingerprint density at radius 2 is 2.10 bits per heavy atom. The van der Waals surface area contributed by atoms with Gasteiger partial charge in [0.25, 0.3) is 0 Å². The molecule has 1 fully saturated rings. The minimum absolute atomic E-state index is 0.240. The summed E-state index contributed by atoms with van der Waals surface area (Å²) in [5.41, 5.74) is 5.93. The van der Waals surface area contributed by atoms with Gasteiger partial charge in [0.2, 0.25) is 11.8 Å². The van der Waals surface area contributed by atoms with Crippen LogP contribution in [0.25, 0.3) is 11.5 Å². The third-order valence-corrected chi connectivity index (χ3v) is 3.69. The highest BCUT2D eigenvalue weighted by atomic mass is 16.4. The van der Waals surface area contributed by atoms with Gasteiger partial charge in [-0.15, -0.1) is 0 Å². The molecule has 20 heavy (non-hydrogen) atoms. The maximum absolute atomic E-state index is 11.3. The van der Waals surface area contributed by atoms with Gasteiger partial charge in [-0.3, -0.25) is 9.69 Å². The van der Waals surface area contributed by atoms with Crippen LogP contribution in [0, 0.1) is 5.41 Å². The van der Waals surface area contributed by atoms with E-state index in [4.69, 9.17) is 10.2 Å². The van der Waals surface area contributed by atoms with E-state index in [0.29, 0.717) is 25.5 Å². The fourth-order valence-electron chi connectivity index (χ4n) is 2.52. The average molecular weight is 271 g/mol. The van der Waals surface area contributed by atoms with Gasteiger partial charge in [0.1, 0.15) is 5.76 Å². The van der Waals surface area contributed by atoms with Crippen LogP contribution in [0.4, 0.5) is 0 Å². The molecule has 0 bridgehead atoms. The van der Waals surface area contributed by atoms with E-state index in [1.807, 2.05) is 37.3 Å². The maximum atomic E-state index is 11.3. The normalized spacial score (nSPS) is 17.6. The molecule has 0 spiro atoms. The first-order chi connectivity index (χ1) is 9.57. The highest BCUT2D eigenvalue weighted by Crippen LogP contribution is 2.31. The summed E-state index contributed by atoms with van der Waals surface area (Å²) in [6.07, 6.45) is 1.74. The summed E-state index contributed by atoms with van der Waals surface area (Å²) in [4.78, 5) is 17.7. The number of benzene rings is 1. The maximum Gasteiger partial charge on any atom is 0.226 e. The molecule has 2 aromatic rings. The lowest BCUT2D eigenvalue weighted by Gasteiger charge is -2.45. The van der Waals surface area contributed by atoms with E-state index in [0.717, 1.165) is 11.3 Å². The summed E-state index contributed by atoms with van der Waals surface area (Å²) < 4.78 is 5.74. The van der Waals surface area contributed by atoms with Crippen LogP contribution in [-0.4, -0.2) is 28.9 Å². The number of amides is 1. The van der Waals surface area contributed by atoms with Crippen LogP contribution < -0.4 is 5.73 Å². The molecule has 0 radical (unpaired) electrons. The monoisotopic (exact) mass is 271 g/mol. The second-order valence-corrected chi connectivity index (χ2v) is 5.57. The topological polar surface area (TPSA) is 72.4 Å². The van der Waals surface area contributed by atoms with Gasteiger partial charge >= 0.3 is 0 Å². The van der Waals surface area contributed by atoms with Crippen LogP contribution in [-0.2, 0) is 11.3 Å². The molecule has 1 amide bonds. The minimum atomic E-state index is -0.401. The van der Waals surface area contributed by atoms with Gasteiger partial charge in [0, 0.05) is 18.7 Å². The minimum Gasteiger partial charge on any atom is -0.440 e. The molecule has 0 aliphatic carbocycles. The zero-order chi connectivity index (χ0) is 14.2. The number of carbonyl (C=O) groups is 1. The fourth-order valence-corrected chi connectivity index (χ4v) is 2.52. The number of hydrogen-bond acceptors (Lipinski definition) is 4. The Bertz CT molecular complexity index is 615. The number of nitrogens with zero attached hydrogens (tertiary/aromatic N) is 2. The molecular formula is C15H17N3O2. The van der Waals surface area contributed by atoms with Gasteiger partial charge in [-0.05, 0) is 19.1 Å². The highest BCUT2D eigenvalue weighted by molar-refractivity contribution is 5.82. The van der Waals surface area contributed by atoms with Crippen molar-refractivity contribution in [1.29, 1.82) is 0 Å². The number of nitrogens with two attached hydrogens (primary N) is 1. The summed E-state index contributed by atoms with van der Waals surface area (Å²) in [6, 6.07) is 9.78. The van der Waals surface area contributed by atoms with E-state index >= 15 is 0 Å². The Balaban J connectivity index is 1.64. The smallest absolute Gasteiger partial charge is 0.226 e. The number of primary amides is 1. The summed E-state index contributed by atoms with van der Waals surface area (Å²) in [7, 11) is 0. The number of aromatic nitrogens is 1. The molecule has 5 heteroatoms. The number of hydrogen-bond donors (Lipinski definition) is 1. The first-order valence-corrected chi connectivity index (χ1v) is 6.59. The standard InChI is InChI=1S/C15H17N3O2/c1-15(14(16)19)9-18(10-15)8-12-7-17-13(20-12)11-5-3-2-4-6-11/h2-7H,8-10H2,1H3,(H2,16,19). The SMILES string of the molecule is CC1(C(N)=O)CN(Cc2cnc(-c3ccccc3)o2)C1. The Hall–Kier alpha value is -2.14. The van der Waals surface area contributed by atoms with Crippen LogP contribution in [0.2, 0.25) is 0 Å². The third kappa shape index (κ3) is 2.32. The first-order valence-electron chi connectivity index (χ1n) is 6.59. The summed E-state index contributed by atoms with van der Waals surface area (Å²) >= 11 is 0. The predicted molar refractivity (Wildman–Crippen MR) is 74.5 cm³/mol. The van der Waals surface area contributed by atoms with Crippen molar-refractivity contribution in [2.24, 2.45) is 11.1 Å². The zero-order valence-corrected chi connectivity index (χ0v) is 11.4. The molecule has 2 heterocycles. The van der Waals surface area contributed by atoms with Gasteiger partial charge in [0.05, 0.1) is 18.2 Å². The van der Waals surface area contributed by atoms with E-state index in [1.165, 1.54) is 0 Å². The number of rotatable bonds is 4. The van der Waals surface area contributed by atoms with Crippen LogP contribution in [0.1, 0.15) is 12.7 Å². The summed E-state index contributed by atoms with van der Waals surface area (Å²) in [5, 5.41) is 0. The van der Waals surface area contributed by atoms with E-state index < -0.39 is 5.41 Å². The van der Waals surface area contributed by atoms with Gasteiger partial charge in [0.15, 0.2) is 0 Å². The lowest BCUT2D eigenvalue weighted by atomic mass is 9.81. The van der Waals surface area contributed by atoms with Crippen molar-refractivity contribution in [2.75, 3.05) is 13.1 Å². The molecule has 0 unspecified atom stereocenters. The van der Waals surface area contributed by atoms with E-state index in [1.54, 1.807) is 6.20 Å². The molecular weight excluding hydrogens is 254 g/mol. The van der Waals surface area contributed by atoms with Crippen molar-refractivity contribution in [3.05, 3.63) is 42.3 Å². The molecule has 1 aromatic carbocycles. The Morgan fingerprint density at radius 3 is 2.75 bits per heavy atom. The summed E-state index contributed by atoms with van der Waals surface area (Å²) in [5.74, 6) is 1.19. The first kappa shape index (κ1) is 12.9. The van der Waals surface area contributed by atoms with Crippen molar-refractivity contribution >= 4 is 5.91 Å². The second kappa shape index (κ2) is 4.76. The number of carbonyl (C=O) groups excluding carboxylic acids is 1. The average Bonchev–Trinajstić information content (AvgIpc) is 2.86. The molecule has 5 nitrogen and oxygen atoms in total. The second-order valence-electron chi connectivity index (χ2n) is 5.57. The molecule has 1 aliphatic heterocycles. The Labute approximate surface area is 117 Å². The predicted octanol–water partition coefficient (Wildman–Crippen LogP) is 1.65. The van der Waals surface area contributed by atoms with Gasteiger partial charge in [-0.2, -0.15) is 0 Å². The van der Waals surface area contributed by atoms with Gasteiger partial charge in [-0.1, -0.05) is 18.2 Å². The van der Waals surface area contributed by atoms with E-state index in [2.05, 4.69) is 9.88 Å². The summed E-state index contributed by atoms with van der Waals surface area (Å²) in [6.45, 7) is 3.89. The van der Waals surface area contributed by atoms with Crippen LogP contribution >= 0.6 is 0 Å². The molecule has 0 saturated carbocycles. The van der Waals surface area contributed by atoms with Crippen molar-refractivity contribution in [3.63, 3.8) is 0 Å². The van der Waals surface area contributed by atoms with Crippen molar-refractivity contribution < 1.29 is 9.21 Å². The van der Waals surface area contributed by atoms with Crippen molar-refractivity contribution in [3.8, 4) is 11.5 Å². The van der Waals surface area contributed by atoms with Crippen LogP contribution in [0.3, 0.4) is 0 Å². The molecule has 0 atom stereocenters. The quantitative estimate of drug-likeness (QED) is 0.917.